The van der Waals surface area contributed by atoms with Crippen LogP contribution in [0.15, 0.2) is 47.3 Å². The molecule has 10 heteroatoms. The monoisotopic (exact) mass is 487 g/mol. The molecule has 0 aliphatic heterocycles. The first-order valence-corrected chi connectivity index (χ1v) is 10.0. The van der Waals surface area contributed by atoms with Gasteiger partial charge >= 0.3 is 12.1 Å². The molecule has 0 saturated carbocycles. The fraction of sp³-hybridized carbons (Fsp3) is 0.182. The Hall–Kier alpha value is -2.84. The number of benzene rings is 2. The first-order chi connectivity index (χ1) is 14.9. The Bertz CT molecular complexity index is 1270. The van der Waals surface area contributed by atoms with E-state index in [9.17, 15) is 32.3 Å². The summed E-state index contributed by atoms with van der Waals surface area (Å²) in [5.74, 6) is -2.55. The van der Waals surface area contributed by atoms with Crippen molar-refractivity contribution >= 4 is 29.2 Å². The van der Waals surface area contributed by atoms with Gasteiger partial charge in [-0.1, -0.05) is 35.3 Å². The van der Waals surface area contributed by atoms with Crippen LogP contribution in [0, 0.1) is 5.82 Å². The summed E-state index contributed by atoms with van der Waals surface area (Å²) < 4.78 is 55.3. The van der Waals surface area contributed by atoms with Gasteiger partial charge in [-0.05, 0) is 36.8 Å². The van der Waals surface area contributed by atoms with Crippen LogP contribution in [0.25, 0.3) is 11.3 Å². The Morgan fingerprint density at radius 1 is 1.06 bits per heavy atom. The van der Waals surface area contributed by atoms with Crippen LogP contribution in [0.2, 0.25) is 10.0 Å². The molecule has 0 spiro atoms. The van der Waals surface area contributed by atoms with E-state index in [-0.39, 0.29) is 45.5 Å². The van der Waals surface area contributed by atoms with Crippen LogP contribution in [-0.2, 0) is 19.1 Å². The number of aromatic carboxylic acids is 1. The van der Waals surface area contributed by atoms with E-state index in [0.29, 0.717) is 6.07 Å². The van der Waals surface area contributed by atoms with Gasteiger partial charge in [0, 0.05) is 30.3 Å². The highest BCUT2D eigenvalue weighted by molar-refractivity contribution is 6.42. The smallest absolute Gasteiger partial charge is 0.416 e. The van der Waals surface area contributed by atoms with Crippen molar-refractivity contribution in [2.24, 2.45) is 0 Å². The molecule has 0 aliphatic carbocycles. The van der Waals surface area contributed by atoms with Gasteiger partial charge in [-0.2, -0.15) is 13.2 Å². The molecule has 1 aromatic heterocycles. The lowest BCUT2D eigenvalue weighted by atomic mass is 9.98. The highest BCUT2D eigenvalue weighted by atomic mass is 35.5. The average molecular weight is 488 g/mol. The Kier molecular flexibility index (Phi) is 6.67. The maximum Gasteiger partial charge on any atom is 0.416 e. The Morgan fingerprint density at radius 2 is 1.75 bits per heavy atom. The first-order valence-electron chi connectivity index (χ1n) is 9.25. The quantitative estimate of drug-likeness (QED) is 0.430. The molecule has 2 aromatic carbocycles. The molecule has 0 saturated heterocycles. The molecular weight excluding hydrogens is 473 g/mol. The van der Waals surface area contributed by atoms with Crippen LogP contribution < -0.4 is 5.43 Å². The molecule has 1 N–H and O–H groups in total. The Morgan fingerprint density at radius 3 is 2.31 bits per heavy atom. The van der Waals surface area contributed by atoms with Crippen LogP contribution in [0.1, 0.15) is 34.1 Å². The lowest BCUT2D eigenvalue weighted by molar-refractivity contribution is -0.138. The van der Waals surface area contributed by atoms with Crippen molar-refractivity contribution in [3.8, 4) is 11.3 Å². The normalized spacial score (nSPS) is 11.6. The second-order valence-corrected chi connectivity index (χ2v) is 7.69. The number of alkyl halides is 3. The van der Waals surface area contributed by atoms with E-state index in [1.807, 2.05) is 0 Å². The minimum atomic E-state index is -4.82. The summed E-state index contributed by atoms with van der Waals surface area (Å²) in [7, 11) is 0. The van der Waals surface area contributed by atoms with Crippen molar-refractivity contribution in [2.75, 3.05) is 0 Å². The first kappa shape index (κ1) is 23.8. The predicted octanol–water partition coefficient (Wildman–Crippen LogP) is 6.29. The summed E-state index contributed by atoms with van der Waals surface area (Å²) in [6, 6.07) is 7.51. The fourth-order valence-corrected chi connectivity index (χ4v) is 3.81. The molecule has 0 atom stereocenters. The second kappa shape index (κ2) is 8.96. The van der Waals surface area contributed by atoms with Crippen LogP contribution in [-0.4, -0.2) is 15.6 Å². The summed E-state index contributed by atoms with van der Waals surface area (Å²) in [6.07, 6.45) is -5.20. The van der Waals surface area contributed by atoms with E-state index in [4.69, 9.17) is 23.2 Å². The molecular formula is C22H15Cl2F4NO3. The SMILES string of the molecule is CCn1c(Cc2ccc(F)cc2C(F)(F)F)cc(=O)c(C(=O)O)c1-c1ccc(Cl)c(Cl)c1. The zero-order valence-corrected chi connectivity index (χ0v) is 17.9. The number of rotatable bonds is 5. The minimum Gasteiger partial charge on any atom is -0.477 e. The van der Waals surface area contributed by atoms with Gasteiger partial charge in [0.15, 0.2) is 5.43 Å². The van der Waals surface area contributed by atoms with Crippen molar-refractivity contribution in [3.05, 3.63) is 90.9 Å². The summed E-state index contributed by atoms with van der Waals surface area (Å²) in [4.78, 5) is 24.6. The van der Waals surface area contributed by atoms with Gasteiger partial charge in [-0.15, -0.1) is 0 Å². The van der Waals surface area contributed by atoms with Gasteiger partial charge in [0.1, 0.15) is 11.4 Å². The molecule has 1 heterocycles. The fourth-order valence-electron chi connectivity index (χ4n) is 3.52. The third-order valence-corrected chi connectivity index (χ3v) is 5.61. The van der Waals surface area contributed by atoms with Crippen LogP contribution >= 0.6 is 23.2 Å². The zero-order valence-electron chi connectivity index (χ0n) is 16.4. The molecule has 4 nitrogen and oxygen atoms in total. The Balaban J connectivity index is 2.30. The van der Waals surface area contributed by atoms with Crippen molar-refractivity contribution in [1.82, 2.24) is 4.57 Å². The molecule has 3 rings (SSSR count). The molecule has 0 radical (unpaired) electrons. The third kappa shape index (κ3) is 4.66. The predicted molar refractivity (Wildman–Crippen MR) is 113 cm³/mol. The van der Waals surface area contributed by atoms with Crippen molar-refractivity contribution in [2.45, 2.75) is 26.1 Å². The molecule has 3 aromatic rings. The molecule has 0 aliphatic rings. The lowest BCUT2D eigenvalue weighted by Gasteiger charge is -2.21. The van der Waals surface area contributed by atoms with Crippen molar-refractivity contribution in [3.63, 3.8) is 0 Å². The highest BCUT2D eigenvalue weighted by Gasteiger charge is 2.34. The maximum atomic E-state index is 13.5. The second-order valence-electron chi connectivity index (χ2n) is 6.88. The van der Waals surface area contributed by atoms with E-state index in [1.165, 1.54) is 22.8 Å². The third-order valence-electron chi connectivity index (χ3n) is 4.87. The number of hydrogen-bond donors (Lipinski definition) is 1. The van der Waals surface area contributed by atoms with Crippen molar-refractivity contribution in [1.29, 1.82) is 0 Å². The maximum absolute atomic E-state index is 13.5. The number of carboxylic acid groups (broad SMARTS) is 1. The summed E-state index contributed by atoms with van der Waals surface area (Å²) in [5.41, 5.74) is -2.50. The van der Waals surface area contributed by atoms with Crippen molar-refractivity contribution < 1.29 is 27.5 Å². The number of carboxylic acids is 1. The minimum absolute atomic E-state index is 0.0169. The molecule has 0 amide bonds. The number of hydrogen-bond acceptors (Lipinski definition) is 2. The summed E-state index contributed by atoms with van der Waals surface area (Å²) in [6.45, 7) is 1.78. The van der Waals surface area contributed by atoms with Crippen LogP contribution in [0.3, 0.4) is 0 Å². The van der Waals surface area contributed by atoms with Gasteiger partial charge in [0.05, 0.1) is 21.3 Å². The lowest BCUT2D eigenvalue weighted by Crippen LogP contribution is -2.24. The van der Waals surface area contributed by atoms with Crippen LogP contribution in [0.4, 0.5) is 17.6 Å². The van der Waals surface area contributed by atoms with E-state index in [1.54, 1.807) is 6.92 Å². The number of aromatic nitrogens is 1. The topological polar surface area (TPSA) is 59.3 Å². The molecule has 0 bridgehead atoms. The average Bonchev–Trinajstić information content (AvgIpc) is 2.69. The summed E-state index contributed by atoms with van der Waals surface area (Å²) in [5, 5.41) is 9.96. The molecule has 32 heavy (non-hydrogen) atoms. The van der Waals surface area contributed by atoms with E-state index in [2.05, 4.69) is 0 Å². The largest absolute Gasteiger partial charge is 0.477 e. The van der Waals surface area contributed by atoms with E-state index >= 15 is 0 Å². The number of halogens is 6. The molecule has 168 valence electrons. The van der Waals surface area contributed by atoms with Crippen LogP contribution in [0.5, 0.6) is 0 Å². The van der Waals surface area contributed by atoms with Gasteiger partial charge in [-0.25, -0.2) is 9.18 Å². The van der Waals surface area contributed by atoms with Gasteiger partial charge in [0.25, 0.3) is 0 Å². The number of nitrogens with zero attached hydrogens (tertiary/aromatic N) is 1. The molecule has 0 fully saturated rings. The number of pyridine rings is 1. The van der Waals surface area contributed by atoms with Gasteiger partial charge in [0.2, 0.25) is 0 Å². The number of carbonyl (C=O) groups is 1. The summed E-state index contributed by atoms with van der Waals surface area (Å²) >= 11 is 12.0. The van der Waals surface area contributed by atoms with Gasteiger partial charge in [-0.3, -0.25) is 4.79 Å². The zero-order chi connectivity index (χ0) is 23.8. The van der Waals surface area contributed by atoms with E-state index < -0.39 is 34.5 Å². The highest BCUT2D eigenvalue weighted by Crippen LogP contribution is 2.35. The standard InChI is InChI=1S/C22H15Cl2F4NO3/c1-2-29-14(7-11-3-5-13(25)9-15(11)22(26,27)28)10-18(30)19(21(31)32)20(29)12-4-6-16(23)17(24)8-12/h3-6,8-10H,2,7H2,1H3,(H,31,32). The Labute approximate surface area is 189 Å². The van der Waals surface area contributed by atoms with E-state index in [0.717, 1.165) is 18.2 Å². The molecule has 0 unspecified atom stereocenters. The van der Waals surface area contributed by atoms with Gasteiger partial charge < -0.3 is 9.67 Å².